The second-order valence-electron chi connectivity index (χ2n) is 10.8. The SMILES string of the molecule is [C-]#[N+]C1CN(c2cc(-c3ccc(N4CC5CC(C4)N5Cc4ccc(CC)nc4)nc3)c3c(C#N)cnn3c2)C1. The first-order valence-electron chi connectivity index (χ1n) is 13.6. The molecule has 0 saturated carbocycles. The molecular weight excluding hydrogens is 486 g/mol. The van der Waals surface area contributed by atoms with Crippen LogP contribution in [-0.4, -0.2) is 68.8 Å². The number of piperidine rings is 1. The maximum absolute atomic E-state index is 9.70. The molecule has 0 spiro atoms. The van der Waals surface area contributed by atoms with Crippen LogP contribution in [0.15, 0.2) is 55.1 Å². The summed E-state index contributed by atoms with van der Waals surface area (Å²) in [7, 11) is 0. The summed E-state index contributed by atoms with van der Waals surface area (Å²) >= 11 is 0. The van der Waals surface area contributed by atoms with E-state index in [1.54, 1.807) is 10.7 Å². The fourth-order valence-electron chi connectivity index (χ4n) is 6.16. The predicted octanol–water partition coefficient (Wildman–Crippen LogP) is 3.80. The molecule has 0 aliphatic carbocycles. The van der Waals surface area contributed by atoms with Gasteiger partial charge in [-0.05, 0) is 42.7 Å². The van der Waals surface area contributed by atoms with Crippen molar-refractivity contribution < 1.29 is 0 Å². The molecule has 4 saturated heterocycles. The zero-order valence-corrected chi connectivity index (χ0v) is 21.9. The van der Waals surface area contributed by atoms with Crippen LogP contribution in [0.3, 0.4) is 0 Å². The molecule has 4 aliphatic rings. The Morgan fingerprint density at radius 1 is 1.03 bits per heavy atom. The molecule has 0 amide bonds. The standard InChI is InChI=1S/C30H29N9/c1-3-23-6-4-20(11-33-23)14-38-26-8-27(38)18-37(17-26)29-7-5-21(12-34-29)28-9-25(36-15-24(16-36)32-2)19-39-30(28)22(10-31)13-35-39/h4-7,9,11-13,19,24,26-27H,3,8,14-18H2,1H3. The van der Waals surface area contributed by atoms with Crippen molar-refractivity contribution in [2.24, 2.45) is 0 Å². The fourth-order valence-corrected chi connectivity index (χ4v) is 6.16. The number of fused-ring (bicyclic) bond motifs is 3. The molecule has 4 aliphatic heterocycles. The quantitative estimate of drug-likeness (QED) is 0.362. The van der Waals surface area contributed by atoms with Gasteiger partial charge in [-0.15, -0.1) is 0 Å². The Kier molecular flexibility index (Phi) is 5.68. The number of hydrogen-bond acceptors (Lipinski definition) is 7. The van der Waals surface area contributed by atoms with Crippen LogP contribution in [0.2, 0.25) is 0 Å². The first-order chi connectivity index (χ1) is 19.1. The van der Waals surface area contributed by atoms with E-state index in [1.165, 1.54) is 12.0 Å². The Morgan fingerprint density at radius 3 is 2.54 bits per heavy atom. The van der Waals surface area contributed by atoms with Gasteiger partial charge in [0.15, 0.2) is 0 Å². The smallest absolute Gasteiger partial charge is 0.257 e. The topological polar surface area (TPSA) is 80.9 Å². The number of rotatable bonds is 6. The van der Waals surface area contributed by atoms with Gasteiger partial charge in [0.05, 0.1) is 42.3 Å². The Balaban J connectivity index is 1.10. The average molecular weight is 516 g/mol. The summed E-state index contributed by atoms with van der Waals surface area (Å²) < 4.78 is 1.78. The van der Waals surface area contributed by atoms with Gasteiger partial charge in [-0.3, -0.25) is 9.88 Å². The van der Waals surface area contributed by atoms with Crippen LogP contribution in [0.25, 0.3) is 21.5 Å². The van der Waals surface area contributed by atoms with Crippen molar-refractivity contribution in [2.45, 2.75) is 44.4 Å². The molecule has 4 fully saturated rings. The maximum atomic E-state index is 9.70. The van der Waals surface area contributed by atoms with Crippen LogP contribution in [0.4, 0.5) is 11.5 Å². The van der Waals surface area contributed by atoms with E-state index in [1.807, 2.05) is 18.6 Å². The number of aryl methyl sites for hydroxylation is 1. The minimum Gasteiger partial charge on any atom is -0.354 e. The van der Waals surface area contributed by atoms with Gasteiger partial charge in [0, 0.05) is 60.9 Å². The van der Waals surface area contributed by atoms with Crippen LogP contribution in [-0.2, 0) is 13.0 Å². The van der Waals surface area contributed by atoms with Crippen LogP contribution >= 0.6 is 0 Å². The molecule has 2 bridgehead atoms. The van der Waals surface area contributed by atoms with E-state index in [4.69, 9.17) is 11.6 Å². The van der Waals surface area contributed by atoms with Crippen molar-refractivity contribution in [1.29, 1.82) is 5.26 Å². The average Bonchev–Trinajstić information content (AvgIpc) is 3.38. The van der Waals surface area contributed by atoms with E-state index in [2.05, 4.69) is 73.0 Å². The van der Waals surface area contributed by atoms with Gasteiger partial charge in [0.25, 0.3) is 6.04 Å². The maximum Gasteiger partial charge on any atom is 0.257 e. The zero-order chi connectivity index (χ0) is 26.5. The van der Waals surface area contributed by atoms with Gasteiger partial charge in [0.2, 0.25) is 0 Å². The molecule has 194 valence electrons. The molecule has 9 heteroatoms. The number of aromatic nitrogens is 4. The van der Waals surface area contributed by atoms with Crippen LogP contribution in [0.5, 0.6) is 0 Å². The van der Waals surface area contributed by atoms with E-state index in [9.17, 15) is 5.26 Å². The van der Waals surface area contributed by atoms with Gasteiger partial charge in [-0.2, -0.15) is 10.4 Å². The molecule has 2 unspecified atom stereocenters. The lowest BCUT2D eigenvalue weighted by Gasteiger charge is -2.56. The molecule has 9 nitrogen and oxygen atoms in total. The predicted molar refractivity (Wildman–Crippen MR) is 149 cm³/mol. The van der Waals surface area contributed by atoms with E-state index >= 15 is 0 Å². The summed E-state index contributed by atoms with van der Waals surface area (Å²) in [5, 5.41) is 14.1. The van der Waals surface area contributed by atoms with Crippen molar-refractivity contribution in [1.82, 2.24) is 24.5 Å². The molecule has 0 radical (unpaired) electrons. The van der Waals surface area contributed by atoms with Gasteiger partial charge >= 0.3 is 0 Å². The van der Waals surface area contributed by atoms with E-state index < -0.39 is 0 Å². The number of nitrogens with zero attached hydrogens (tertiary/aromatic N) is 9. The summed E-state index contributed by atoms with van der Waals surface area (Å²) in [6.07, 6.45) is 9.71. The van der Waals surface area contributed by atoms with Gasteiger partial charge < -0.3 is 14.6 Å². The monoisotopic (exact) mass is 515 g/mol. The lowest BCUT2D eigenvalue weighted by molar-refractivity contribution is -0.00875. The summed E-state index contributed by atoms with van der Waals surface area (Å²) in [5.41, 5.74) is 6.64. The summed E-state index contributed by atoms with van der Waals surface area (Å²) in [4.78, 5) is 20.3. The molecule has 4 aromatic heterocycles. The van der Waals surface area contributed by atoms with Crippen molar-refractivity contribution >= 4 is 17.0 Å². The van der Waals surface area contributed by atoms with Crippen molar-refractivity contribution in [3.8, 4) is 17.2 Å². The number of anilines is 2. The Bertz CT molecular complexity index is 1590. The molecule has 2 atom stereocenters. The second kappa shape index (κ2) is 9.37. The summed E-state index contributed by atoms with van der Waals surface area (Å²) in [5.74, 6) is 0.992. The lowest BCUT2D eigenvalue weighted by Crippen LogP contribution is -2.68. The van der Waals surface area contributed by atoms with Crippen molar-refractivity contribution in [2.75, 3.05) is 36.0 Å². The Labute approximate surface area is 227 Å². The van der Waals surface area contributed by atoms with Crippen molar-refractivity contribution in [3.63, 3.8) is 0 Å². The normalized spacial score (nSPS) is 20.8. The van der Waals surface area contributed by atoms with E-state index in [0.717, 1.165) is 59.9 Å². The summed E-state index contributed by atoms with van der Waals surface area (Å²) in [6.45, 7) is 13.7. The zero-order valence-electron chi connectivity index (χ0n) is 21.9. The minimum atomic E-state index is 0.0438. The van der Waals surface area contributed by atoms with Crippen LogP contribution < -0.4 is 9.80 Å². The first kappa shape index (κ1) is 23.6. The minimum absolute atomic E-state index is 0.0438. The highest BCUT2D eigenvalue weighted by molar-refractivity contribution is 5.86. The van der Waals surface area contributed by atoms with E-state index in [-0.39, 0.29) is 6.04 Å². The highest BCUT2D eigenvalue weighted by Crippen LogP contribution is 2.37. The third-order valence-electron chi connectivity index (χ3n) is 8.47. The third-order valence-corrected chi connectivity index (χ3v) is 8.47. The highest BCUT2D eigenvalue weighted by atomic mass is 15.4. The number of hydrogen-bond donors (Lipinski definition) is 0. The molecular formula is C30H29N9. The van der Waals surface area contributed by atoms with Crippen LogP contribution in [0, 0.1) is 17.9 Å². The lowest BCUT2D eigenvalue weighted by atomic mass is 9.87. The van der Waals surface area contributed by atoms with Crippen LogP contribution in [0.1, 0.15) is 30.2 Å². The molecule has 0 N–H and O–H groups in total. The third kappa shape index (κ3) is 4.07. The fraction of sp³-hybridized carbons (Fsp3) is 0.367. The number of piperazine rings is 1. The molecule has 4 aromatic rings. The van der Waals surface area contributed by atoms with E-state index in [0.29, 0.717) is 30.7 Å². The summed E-state index contributed by atoms with van der Waals surface area (Å²) in [6, 6.07) is 14.1. The van der Waals surface area contributed by atoms with Gasteiger partial charge in [0.1, 0.15) is 11.9 Å². The number of nitriles is 1. The molecule has 8 rings (SSSR count). The number of pyridine rings is 3. The van der Waals surface area contributed by atoms with Crippen molar-refractivity contribution in [3.05, 3.63) is 83.4 Å². The highest BCUT2D eigenvalue weighted by Gasteiger charge is 2.44. The molecule has 0 aromatic carbocycles. The molecule has 39 heavy (non-hydrogen) atoms. The Hall–Kier alpha value is -4.47. The first-order valence-corrected chi connectivity index (χ1v) is 13.6. The second-order valence-corrected chi connectivity index (χ2v) is 10.8. The Morgan fingerprint density at radius 2 is 1.87 bits per heavy atom. The van der Waals surface area contributed by atoms with Gasteiger partial charge in [-0.1, -0.05) is 13.0 Å². The molecule has 8 heterocycles. The largest absolute Gasteiger partial charge is 0.354 e. The van der Waals surface area contributed by atoms with Gasteiger partial charge in [-0.25, -0.2) is 16.1 Å².